The van der Waals surface area contributed by atoms with Gasteiger partial charge in [-0.05, 0) is 24.3 Å². The molecule has 0 radical (unpaired) electrons. The number of carbonyl (C=O) groups excluding carboxylic acids is 1. The fourth-order valence-electron chi connectivity index (χ4n) is 2.11. The van der Waals surface area contributed by atoms with E-state index in [0.717, 1.165) is 0 Å². The van der Waals surface area contributed by atoms with Crippen molar-refractivity contribution in [3.8, 4) is 23.0 Å². The first-order valence-electron chi connectivity index (χ1n) is 7.45. The van der Waals surface area contributed by atoms with Gasteiger partial charge in [0, 0.05) is 6.07 Å². The number of para-hydroxylation sites is 2. The number of anilines is 1. The largest absolute Gasteiger partial charge is 0.497 e. The van der Waals surface area contributed by atoms with E-state index in [9.17, 15) is 4.79 Å². The Balaban J connectivity index is 1.89. The molecular weight excluding hydrogens is 310 g/mol. The summed E-state index contributed by atoms with van der Waals surface area (Å²) in [5.74, 6) is 2.26. The number of amides is 1. The first-order valence-corrected chi connectivity index (χ1v) is 7.45. The van der Waals surface area contributed by atoms with Crippen LogP contribution in [-0.4, -0.2) is 33.8 Å². The molecule has 0 saturated carbocycles. The molecular formula is C18H21NO5. The summed E-state index contributed by atoms with van der Waals surface area (Å²) in [5, 5.41) is 2.80. The number of rotatable bonds is 8. The molecule has 2 rings (SSSR count). The second-order valence-electron chi connectivity index (χ2n) is 4.86. The van der Waals surface area contributed by atoms with Crippen LogP contribution in [0, 0.1) is 0 Å². The molecule has 0 saturated heterocycles. The summed E-state index contributed by atoms with van der Waals surface area (Å²) < 4.78 is 21.2. The van der Waals surface area contributed by atoms with E-state index in [2.05, 4.69) is 5.32 Å². The molecule has 0 bridgehead atoms. The molecule has 6 nitrogen and oxygen atoms in total. The lowest BCUT2D eigenvalue weighted by atomic mass is 10.2. The molecule has 6 heteroatoms. The van der Waals surface area contributed by atoms with Crippen molar-refractivity contribution < 1.29 is 23.7 Å². The zero-order valence-corrected chi connectivity index (χ0v) is 14.0. The van der Waals surface area contributed by atoms with E-state index in [-0.39, 0.29) is 18.9 Å². The first kappa shape index (κ1) is 17.5. The van der Waals surface area contributed by atoms with E-state index >= 15 is 0 Å². The highest BCUT2D eigenvalue weighted by molar-refractivity contribution is 5.92. The van der Waals surface area contributed by atoms with Gasteiger partial charge in [0.1, 0.15) is 11.5 Å². The third kappa shape index (κ3) is 4.55. The van der Waals surface area contributed by atoms with Gasteiger partial charge in [-0.25, -0.2) is 0 Å². The van der Waals surface area contributed by atoms with Crippen molar-refractivity contribution in [2.75, 3.05) is 33.3 Å². The Kier molecular flexibility index (Phi) is 6.31. The highest BCUT2D eigenvalue weighted by Gasteiger charge is 2.10. The Hall–Kier alpha value is -2.89. The van der Waals surface area contributed by atoms with Gasteiger partial charge in [-0.15, -0.1) is 0 Å². The number of hydrogen-bond acceptors (Lipinski definition) is 5. The number of hydrogen-bond donors (Lipinski definition) is 1. The second-order valence-corrected chi connectivity index (χ2v) is 4.86. The third-order valence-corrected chi connectivity index (χ3v) is 3.34. The van der Waals surface area contributed by atoms with Gasteiger partial charge in [-0.1, -0.05) is 12.1 Å². The molecule has 1 N–H and O–H groups in total. The number of ether oxygens (including phenoxy) is 4. The Labute approximate surface area is 141 Å². The highest BCUT2D eigenvalue weighted by Crippen LogP contribution is 2.29. The summed E-state index contributed by atoms with van der Waals surface area (Å²) >= 11 is 0. The number of nitrogens with one attached hydrogen (secondary N) is 1. The topological polar surface area (TPSA) is 66.0 Å². The summed E-state index contributed by atoms with van der Waals surface area (Å²) in [6, 6.07) is 12.5. The normalized spacial score (nSPS) is 9.96. The van der Waals surface area contributed by atoms with Crippen LogP contribution in [0.2, 0.25) is 0 Å². The smallest absolute Gasteiger partial charge is 0.227 e. The minimum atomic E-state index is -0.173. The predicted molar refractivity (Wildman–Crippen MR) is 91.3 cm³/mol. The lowest BCUT2D eigenvalue weighted by molar-refractivity contribution is -0.116. The summed E-state index contributed by atoms with van der Waals surface area (Å²) in [6.07, 6.45) is 0.202. The van der Waals surface area contributed by atoms with Crippen LogP contribution in [0.15, 0.2) is 42.5 Å². The first-order chi connectivity index (χ1) is 11.7. The van der Waals surface area contributed by atoms with Crippen molar-refractivity contribution in [3.63, 3.8) is 0 Å². The zero-order valence-electron chi connectivity index (χ0n) is 14.0. The van der Waals surface area contributed by atoms with E-state index in [1.54, 1.807) is 44.6 Å². The molecule has 128 valence electrons. The van der Waals surface area contributed by atoms with Crippen LogP contribution in [0.5, 0.6) is 23.0 Å². The summed E-state index contributed by atoms with van der Waals surface area (Å²) in [7, 11) is 4.68. The van der Waals surface area contributed by atoms with Gasteiger partial charge in [-0.2, -0.15) is 0 Å². The Morgan fingerprint density at radius 3 is 2.29 bits per heavy atom. The van der Waals surface area contributed by atoms with Gasteiger partial charge in [0.25, 0.3) is 0 Å². The minimum Gasteiger partial charge on any atom is -0.497 e. The van der Waals surface area contributed by atoms with Crippen LogP contribution in [0.3, 0.4) is 0 Å². The monoisotopic (exact) mass is 331 g/mol. The molecule has 0 aliphatic heterocycles. The molecule has 0 spiro atoms. The van der Waals surface area contributed by atoms with Gasteiger partial charge < -0.3 is 24.3 Å². The number of carbonyl (C=O) groups is 1. The average molecular weight is 331 g/mol. The molecule has 0 atom stereocenters. The maximum absolute atomic E-state index is 12.1. The maximum atomic E-state index is 12.1. The van der Waals surface area contributed by atoms with Crippen LogP contribution in [0.25, 0.3) is 0 Å². The van der Waals surface area contributed by atoms with Crippen LogP contribution < -0.4 is 24.3 Å². The van der Waals surface area contributed by atoms with Gasteiger partial charge in [0.05, 0.1) is 40.0 Å². The fraction of sp³-hybridized carbons (Fsp3) is 0.278. The van der Waals surface area contributed by atoms with Crippen molar-refractivity contribution >= 4 is 11.6 Å². The average Bonchev–Trinajstić information content (AvgIpc) is 2.62. The molecule has 1 amide bonds. The molecule has 0 unspecified atom stereocenters. The second kappa shape index (κ2) is 8.67. The van der Waals surface area contributed by atoms with Crippen LogP contribution in [0.4, 0.5) is 5.69 Å². The molecule has 0 fully saturated rings. The van der Waals surface area contributed by atoms with Crippen LogP contribution >= 0.6 is 0 Å². The van der Waals surface area contributed by atoms with E-state index in [1.807, 2.05) is 12.1 Å². The molecule has 0 heterocycles. The van der Waals surface area contributed by atoms with Gasteiger partial charge in [0.2, 0.25) is 5.91 Å². The zero-order chi connectivity index (χ0) is 17.4. The van der Waals surface area contributed by atoms with Crippen molar-refractivity contribution in [2.45, 2.75) is 6.42 Å². The summed E-state index contributed by atoms with van der Waals surface area (Å²) in [5.41, 5.74) is 0.584. The van der Waals surface area contributed by atoms with Crippen molar-refractivity contribution in [1.82, 2.24) is 0 Å². The standard InChI is InChI=1S/C18H21NO5/c1-21-13-8-9-14(17(12-13)23-3)19-18(20)10-11-24-16-7-5-4-6-15(16)22-2/h4-9,12H,10-11H2,1-3H3,(H,19,20). The van der Waals surface area contributed by atoms with Gasteiger partial charge in [-0.3, -0.25) is 4.79 Å². The van der Waals surface area contributed by atoms with E-state index in [0.29, 0.717) is 28.7 Å². The quantitative estimate of drug-likeness (QED) is 0.805. The SMILES string of the molecule is COc1ccc(NC(=O)CCOc2ccccc2OC)c(OC)c1. The number of methoxy groups -OCH3 is 3. The van der Waals surface area contributed by atoms with Crippen molar-refractivity contribution in [1.29, 1.82) is 0 Å². The van der Waals surface area contributed by atoms with Crippen LogP contribution in [-0.2, 0) is 4.79 Å². The lowest BCUT2D eigenvalue weighted by Crippen LogP contribution is -2.15. The molecule has 2 aromatic carbocycles. The Morgan fingerprint density at radius 2 is 1.62 bits per heavy atom. The molecule has 0 aliphatic rings. The maximum Gasteiger partial charge on any atom is 0.227 e. The summed E-state index contributed by atoms with van der Waals surface area (Å²) in [4.78, 5) is 12.1. The highest BCUT2D eigenvalue weighted by atomic mass is 16.5. The molecule has 0 aliphatic carbocycles. The number of benzene rings is 2. The minimum absolute atomic E-state index is 0.173. The molecule has 2 aromatic rings. The predicted octanol–water partition coefficient (Wildman–Crippen LogP) is 3.12. The Morgan fingerprint density at radius 1 is 0.917 bits per heavy atom. The van der Waals surface area contributed by atoms with E-state index in [4.69, 9.17) is 18.9 Å². The van der Waals surface area contributed by atoms with Gasteiger partial charge in [0.15, 0.2) is 11.5 Å². The van der Waals surface area contributed by atoms with Crippen LogP contribution in [0.1, 0.15) is 6.42 Å². The lowest BCUT2D eigenvalue weighted by Gasteiger charge is -2.12. The molecule has 24 heavy (non-hydrogen) atoms. The van der Waals surface area contributed by atoms with E-state index in [1.165, 1.54) is 7.11 Å². The van der Waals surface area contributed by atoms with Crippen molar-refractivity contribution in [2.24, 2.45) is 0 Å². The third-order valence-electron chi connectivity index (χ3n) is 3.34. The molecule has 0 aromatic heterocycles. The fourth-order valence-corrected chi connectivity index (χ4v) is 2.11. The summed E-state index contributed by atoms with van der Waals surface area (Å²) in [6.45, 7) is 0.241. The van der Waals surface area contributed by atoms with E-state index < -0.39 is 0 Å². The van der Waals surface area contributed by atoms with Gasteiger partial charge >= 0.3 is 0 Å². The van der Waals surface area contributed by atoms with Crippen molar-refractivity contribution in [3.05, 3.63) is 42.5 Å². The Bertz CT molecular complexity index is 687.